The zero-order valence-electron chi connectivity index (χ0n) is 25.5. The Kier molecular flexibility index (Phi) is 8.82. The van der Waals surface area contributed by atoms with Crippen molar-refractivity contribution in [3.8, 4) is 11.3 Å². The third kappa shape index (κ3) is 7.35. The highest BCUT2D eigenvalue weighted by Gasteiger charge is 2.49. The van der Waals surface area contributed by atoms with E-state index in [1.807, 2.05) is 6.92 Å². The molecule has 11 heteroatoms. The molecule has 1 aliphatic heterocycles. The van der Waals surface area contributed by atoms with E-state index in [-0.39, 0.29) is 53.7 Å². The van der Waals surface area contributed by atoms with E-state index in [1.165, 1.54) is 30.3 Å². The average Bonchev–Trinajstić information content (AvgIpc) is 3.41. The Labute approximate surface area is 258 Å². The predicted octanol–water partition coefficient (Wildman–Crippen LogP) is 7.53. The first-order chi connectivity index (χ1) is 21.0. The van der Waals surface area contributed by atoms with Gasteiger partial charge in [0.15, 0.2) is 11.5 Å². The van der Waals surface area contributed by atoms with E-state index in [0.29, 0.717) is 32.0 Å². The quantitative estimate of drug-likeness (QED) is 0.184. The Morgan fingerprint density at radius 3 is 2.27 bits per heavy atom. The number of hydrogen-bond acceptors (Lipinski definition) is 6. The van der Waals surface area contributed by atoms with Crippen molar-refractivity contribution in [2.75, 3.05) is 13.1 Å². The van der Waals surface area contributed by atoms with Crippen molar-refractivity contribution >= 4 is 11.6 Å². The van der Waals surface area contributed by atoms with E-state index in [9.17, 15) is 36.6 Å². The van der Waals surface area contributed by atoms with Gasteiger partial charge in [0.2, 0.25) is 0 Å². The number of ketones is 2. The third-order valence-corrected chi connectivity index (χ3v) is 9.33. The van der Waals surface area contributed by atoms with Crippen LogP contribution in [0.15, 0.2) is 53.1 Å². The molecule has 2 aromatic carbocycles. The topological polar surface area (TPSA) is 83.6 Å². The van der Waals surface area contributed by atoms with Crippen molar-refractivity contribution < 1.29 is 41.2 Å². The summed E-state index contributed by atoms with van der Waals surface area (Å²) in [4.78, 5) is 29.3. The minimum absolute atomic E-state index is 0.0193. The van der Waals surface area contributed by atoms with Crippen molar-refractivity contribution in [1.29, 1.82) is 0 Å². The van der Waals surface area contributed by atoms with Gasteiger partial charge in [-0.15, -0.1) is 0 Å². The summed E-state index contributed by atoms with van der Waals surface area (Å²) in [6.07, 6.45) is -2.02. The monoisotopic (exact) mass is 632 g/mol. The molecule has 1 saturated carbocycles. The Morgan fingerprint density at radius 2 is 1.64 bits per heavy atom. The van der Waals surface area contributed by atoms with Crippen LogP contribution in [0.3, 0.4) is 0 Å². The number of carbonyl (C=O) groups is 2. The minimum Gasteiger partial charge on any atom is -0.390 e. The first-order valence-corrected chi connectivity index (χ1v) is 15.1. The molecule has 0 unspecified atom stereocenters. The van der Waals surface area contributed by atoms with Gasteiger partial charge in [-0.3, -0.25) is 14.5 Å². The fourth-order valence-electron chi connectivity index (χ4n) is 6.99. The van der Waals surface area contributed by atoms with Crippen molar-refractivity contribution in [3.05, 3.63) is 77.0 Å². The Balaban J connectivity index is 1.34. The van der Waals surface area contributed by atoms with Crippen LogP contribution in [-0.2, 0) is 16.4 Å². The van der Waals surface area contributed by atoms with Gasteiger partial charge in [0.25, 0.3) is 0 Å². The summed E-state index contributed by atoms with van der Waals surface area (Å²) in [5.74, 6) is -2.36. The molecule has 3 aromatic rings. The molecule has 1 N–H and O–H groups in total. The lowest BCUT2D eigenvalue weighted by molar-refractivity contribution is -0.139. The number of likely N-dealkylation sites (tertiary alicyclic amines) is 1. The molecule has 0 radical (unpaired) electrons. The van der Waals surface area contributed by atoms with E-state index in [1.54, 1.807) is 13.8 Å². The summed E-state index contributed by atoms with van der Waals surface area (Å²) >= 11 is 0. The molecule has 45 heavy (non-hydrogen) atoms. The number of rotatable bonds is 10. The van der Waals surface area contributed by atoms with Crippen LogP contribution in [-0.4, -0.2) is 51.5 Å². The molecule has 1 saturated heterocycles. The number of benzene rings is 2. The maximum atomic E-state index is 14.3. The maximum Gasteiger partial charge on any atom is 0.416 e. The number of Topliss-reactive ketones (excluding diaryl/α,β-unsaturated/α-hetero) is 2. The van der Waals surface area contributed by atoms with Crippen LogP contribution in [0, 0.1) is 17.0 Å². The SMILES string of the molecule is CC1(O)CCC(N2CC(CC(=O)CC(C)(C)c3ccccc3C(F)(F)F)(CC(=O)c3cc(-c4ccc(F)cc4F)on3)C2)CC1. The summed E-state index contributed by atoms with van der Waals surface area (Å²) in [6.45, 7) is 5.88. The smallest absolute Gasteiger partial charge is 0.390 e. The van der Waals surface area contributed by atoms with Crippen LogP contribution in [0.4, 0.5) is 22.0 Å². The van der Waals surface area contributed by atoms with Crippen LogP contribution < -0.4 is 0 Å². The molecular formula is C34H37F5N2O4. The number of halogens is 5. The van der Waals surface area contributed by atoms with Crippen molar-refractivity contribution in [2.45, 2.75) is 89.0 Å². The number of nitrogens with zero attached hydrogens (tertiary/aromatic N) is 2. The Bertz CT molecular complexity index is 1560. The van der Waals surface area contributed by atoms with Gasteiger partial charge in [0, 0.05) is 55.9 Å². The van der Waals surface area contributed by atoms with Crippen LogP contribution in [0.25, 0.3) is 11.3 Å². The molecule has 5 rings (SSSR count). The van der Waals surface area contributed by atoms with Crippen LogP contribution in [0.2, 0.25) is 0 Å². The maximum absolute atomic E-state index is 14.3. The molecule has 6 nitrogen and oxygen atoms in total. The second kappa shape index (κ2) is 12.1. The van der Waals surface area contributed by atoms with Crippen molar-refractivity contribution in [2.24, 2.45) is 5.41 Å². The van der Waals surface area contributed by atoms with Crippen molar-refractivity contribution in [1.82, 2.24) is 10.1 Å². The molecule has 2 fully saturated rings. The lowest BCUT2D eigenvalue weighted by Gasteiger charge is -2.55. The standard InChI is InChI=1S/C34H37F5N2O4/c1-31(2,25-6-4-5-7-26(25)34(37,38)39)16-23(42)17-33(19-41(20-33)22-10-12-32(3,44)13-11-22)18-29(43)28-15-30(45-40-28)24-9-8-21(35)14-27(24)36/h4-9,14-15,22,44H,10-13,16-20H2,1-3H3. The first kappa shape index (κ1) is 32.9. The molecule has 2 heterocycles. The van der Waals surface area contributed by atoms with E-state index >= 15 is 0 Å². The molecule has 0 bridgehead atoms. The predicted molar refractivity (Wildman–Crippen MR) is 156 cm³/mol. The summed E-state index contributed by atoms with van der Waals surface area (Å²) in [6, 6.07) is 9.65. The molecule has 0 spiro atoms. The van der Waals surface area contributed by atoms with E-state index in [2.05, 4.69) is 10.1 Å². The summed E-state index contributed by atoms with van der Waals surface area (Å²) in [5.41, 5.74) is -3.50. The zero-order valence-corrected chi connectivity index (χ0v) is 25.5. The number of alkyl halides is 3. The lowest BCUT2D eigenvalue weighted by Crippen LogP contribution is -2.62. The molecule has 242 valence electrons. The van der Waals surface area contributed by atoms with Gasteiger partial charge in [-0.25, -0.2) is 8.78 Å². The lowest BCUT2D eigenvalue weighted by atomic mass is 9.67. The first-order valence-electron chi connectivity index (χ1n) is 15.1. The van der Waals surface area contributed by atoms with Crippen molar-refractivity contribution in [3.63, 3.8) is 0 Å². The zero-order chi connectivity index (χ0) is 32.8. The highest BCUT2D eigenvalue weighted by molar-refractivity contribution is 5.96. The van der Waals surface area contributed by atoms with Gasteiger partial charge >= 0.3 is 6.18 Å². The highest BCUT2D eigenvalue weighted by Crippen LogP contribution is 2.45. The number of aromatic nitrogens is 1. The van der Waals surface area contributed by atoms with Gasteiger partial charge < -0.3 is 9.63 Å². The largest absolute Gasteiger partial charge is 0.416 e. The molecular weight excluding hydrogens is 595 g/mol. The molecule has 0 amide bonds. The van der Waals surface area contributed by atoms with E-state index in [4.69, 9.17) is 4.52 Å². The van der Waals surface area contributed by atoms with E-state index in [0.717, 1.165) is 25.0 Å². The van der Waals surface area contributed by atoms with Crippen LogP contribution >= 0.6 is 0 Å². The van der Waals surface area contributed by atoms with Gasteiger partial charge in [0.1, 0.15) is 23.1 Å². The van der Waals surface area contributed by atoms with Gasteiger partial charge in [-0.1, -0.05) is 37.2 Å². The average molecular weight is 633 g/mol. The number of hydrogen-bond donors (Lipinski definition) is 1. The van der Waals surface area contributed by atoms with Gasteiger partial charge in [-0.2, -0.15) is 13.2 Å². The summed E-state index contributed by atoms with van der Waals surface area (Å²) in [5, 5.41) is 14.2. The molecule has 1 aliphatic carbocycles. The minimum atomic E-state index is -4.57. The fraction of sp³-hybridized carbons (Fsp3) is 0.500. The molecule has 0 atom stereocenters. The van der Waals surface area contributed by atoms with E-state index < -0.39 is 45.6 Å². The second-order valence-electron chi connectivity index (χ2n) is 13.8. The molecule has 1 aromatic heterocycles. The Morgan fingerprint density at radius 1 is 1.00 bits per heavy atom. The second-order valence-corrected chi connectivity index (χ2v) is 13.8. The highest BCUT2D eigenvalue weighted by atomic mass is 19.4. The number of aliphatic hydroxyl groups is 1. The van der Waals surface area contributed by atoms with Gasteiger partial charge in [0.05, 0.1) is 16.7 Å². The normalized spacial score (nSPS) is 22.2. The fourth-order valence-corrected chi connectivity index (χ4v) is 6.99. The van der Waals surface area contributed by atoms with Gasteiger partial charge in [-0.05, 0) is 61.8 Å². The summed E-state index contributed by atoms with van der Waals surface area (Å²) < 4.78 is 74.2. The third-order valence-electron chi connectivity index (χ3n) is 9.33. The summed E-state index contributed by atoms with van der Waals surface area (Å²) in [7, 11) is 0. The number of carbonyl (C=O) groups excluding carboxylic acids is 2. The van der Waals surface area contributed by atoms with Crippen LogP contribution in [0.5, 0.6) is 0 Å². The molecule has 2 aliphatic rings. The van der Waals surface area contributed by atoms with Crippen LogP contribution in [0.1, 0.15) is 87.3 Å². The Hall–Kier alpha value is -3.44.